The maximum Gasteiger partial charge on any atom is 0.135 e. The standard InChI is InChI=1S/C14H19FO/c1-10(2)14(16)6-4-5-12-7-8-13(15)9-11(12)3/h7-10H,4-6H2,1-3H3. The Morgan fingerprint density at radius 3 is 2.62 bits per heavy atom. The average Bonchev–Trinajstić information content (AvgIpc) is 2.20. The molecule has 0 saturated heterocycles. The normalized spacial score (nSPS) is 10.8. The maximum atomic E-state index is 12.8. The number of aryl methyl sites for hydroxylation is 2. The van der Waals surface area contributed by atoms with Crippen LogP contribution in [0.1, 0.15) is 37.8 Å². The van der Waals surface area contributed by atoms with Crippen molar-refractivity contribution in [3.8, 4) is 0 Å². The monoisotopic (exact) mass is 222 g/mol. The molecule has 0 aromatic heterocycles. The first-order chi connectivity index (χ1) is 7.50. The molecule has 2 heteroatoms. The van der Waals surface area contributed by atoms with Crippen LogP contribution in [0.3, 0.4) is 0 Å². The molecular weight excluding hydrogens is 203 g/mol. The van der Waals surface area contributed by atoms with Crippen LogP contribution in [0.25, 0.3) is 0 Å². The summed E-state index contributed by atoms with van der Waals surface area (Å²) in [5, 5.41) is 0. The number of rotatable bonds is 5. The molecule has 0 aliphatic heterocycles. The van der Waals surface area contributed by atoms with Gasteiger partial charge in [0.25, 0.3) is 0 Å². The molecule has 0 bridgehead atoms. The van der Waals surface area contributed by atoms with Gasteiger partial charge in [-0.1, -0.05) is 19.9 Å². The van der Waals surface area contributed by atoms with Crippen LogP contribution < -0.4 is 0 Å². The molecule has 0 fully saturated rings. The third-order valence-electron chi connectivity index (χ3n) is 2.82. The molecule has 0 unspecified atom stereocenters. The van der Waals surface area contributed by atoms with E-state index in [-0.39, 0.29) is 11.7 Å². The molecule has 1 aromatic rings. The van der Waals surface area contributed by atoms with Gasteiger partial charge in [0.15, 0.2) is 0 Å². The third kappa shape index (κ3) is 3.76. The fourth-order valence-corrected chi connectivity index (χ4v) is 1.68. The van der Waals surface area contributed by atoms with Gasteiger partial charge < -0.3 is 0 Å². The van der Waals surface area contributed by atoms with E-state index in [0.717, 1.165) is 24.0 Å². The first-order valence-electron chi connectivity index (χ1n) is 5.78. The average molecular weight is 222 g/mol. The zero-order valence-electron chi connectivity index (χ0n) is 10.2. The van der Waals surface area contributed by atoms with Crippen molar-refractivity contribution >= 4 is 5.78 Å². The number of Topliss-reactive ketones (excluding diaryl/α,β-unsaturated/α-hetero) is 1. The Hall–Kier alpha value is -1.18. The highest BCUT2D eigenvalue weighted by atomic mass is 19.1. The topological polar surface area (TPSA) is 17.1 Å². The van der Waals surface area contributed by atoms with Crippen molar-refractivity contribution < 1.29 is 9.18 Å². The van der Waals surface area contributed by atoms with Gasteiger partial charge in [0.05, 0.1) is 0 Å². The molecular formula is C14H19FO. The summed E-state index contributed by atoms with van der Waals surface area (Å²) in [6, 6.07) is 4.83. The van der Waals surface area contributed by atoms with E-state index in [1.807, 2.05) is 26.8 Å². The first kappa shape index (κ1) is 12.9. The van der Waals surface area contributed by atoms with Crippen LogP contribution in [0.4, 0.5) is 4.39 Å². The molecule has 0 aliphatic carbocycles. The maximum absolute atomic E-state index is 12.8. The summed E-state index contributed by atoms with van der Waals surface area (Å²) >= 11 is 0. The van der Waals surface area contributed by atoms with Gasteiger partial charge in [-0.2, -0.15) is 0 Å². The molecule has 0 heterocycles. The van der Waals surface area contributed by atoms with Crippen LogP contribution in [-0.4, -0.2) is 5.78 Å². The Morgan fingerprint density at radius 2 is 2.06 bits per heavy atom. The summed E-state index contributed by atoms with van der Waals surface area (Å²) in [7, 11) is 0. The van der Waals surface area contributed by atoms with Gasteiger partial charge in [-0.05, 0) is 43.0 Å². The summed E-state index contributed by atoms with van der Waals surface area (Å²) in [5.41, 5.74) is 2.11. The van der Waals surface area contributed by atoms with Crippen LogP contribution in [0.15, 0.2) is 18.2 Å². The van der Waals surface area contributed by atoms with Gasteiger partial charge in [0, 0.05) is 12.3 Å². The van der Waals surface area contributed by atoms with Gasteiger partial charge in [0.1, 0.15) is 11.6 Å². The summed E-state index contributed by atoms with van der Waals surface area (Å²) in [6.07, 6.45) is 2.32. The van der Waals surface area contributed by atoms with Crippen molar-refractivity contribution in [3.63, 3.8) is 0 Å². The summed E-state index contributed by atoms with van der Waals surface area (Å²) in [4.78, 5) is 11.4. The molecule has 0 saturated carbocycles. The van der Waals surface area contributed by atoms with Crippen molar-refractivity contribution in [1.82, 2.24) is 0 Å². The van der Waals surface area contributed by atoms with E-state index >= 15 is 0 Å². The van der Waals surface area contributed by atoms with Crippen LogP contribution >= 0.6 is 0 Å². The van der Waals surface area contributed by atoms with Crippen molar-refractivity contribution in [2.45, 2.75) is 40.0 Å². The van der Waals surface area contributed by atoms with Crippen molar-refractivity contribution in [2.24, 2.45) is 5.92 Å². The largest absolute Gasteiger partial charge is 0.299 e. The van der Waals surface area contributed by atoms with Gasteiger partial charge in [-0.25, -0.2) is 4.39 Å². The van der Waals surface area contributed by atoms with E-state index in [9.17, 15) is 9.18 Å². The number of hydrogen-bond donors (Lipinski definition) is 0. The molecule has 16 heavy (non-hydrogen) atoms. The third-order valence-corrected chi connectivity index (χ3v) is 2.82. The molecule has 1 nitrogen and oxygen atoms in total. The minimum absolute atomic E-state index is 0.120. The summed E-state index contributed by atoms with van der Waals surface area (Å²) in [6.45, 7) is 5.75. The Kier molecular flexibility index (Phi) is 4.66. The molecule has 0 spiro atoms. The number of carbonyl (C=O) groups excluding carboxylic acids is 1. The van der Waals surface area contributed by atoms with E-state index in [1.54, 1.807) is 6.07 Å². The molecule has 1 aromatic carbocycles. The van der Waals surface area contributed by atoms with E-state index in [2.05, 4.69) is 0 Å². The number of benzene rings is 1. The van der Waals surface area contributed by atoms with Crippen LogP contribution in [0, 0.1) is 18.7 Å². The molecule has 0 aliphatic rings. The first-order valence-corrected chi connectivity index (χ1v) is 5.78. The van der Waals surface area contributed by atoms with Crippen LogP contribution in [0.5, 0.6) is 0 Å². The highest BCUT2D eigenvalue weighted by molar-refractivity contribution is 5.80. The van der Waals surface area contributed by atoms with Crippen molar-refractivity contribution in [3.05, 3.63) is 35.1 Å². The van der Waals surface area contributed by atoms with Gasteiger partial charge in [-0.3, -0.25) is 4.79 Å². The minimum Gasteiger partial charge on any atom is -0.299 e. The molecule has 0 atom stereocenters. The highest BCUT2D eigenvalue weighted by Crippen LogP contribution is 2.14. The Labute approximate surface area is 96.7 Å². The smallest absolute Gasteiger partial charge is 0.135 e. The molecule has 0 amide bonds. The Morgan fingerprint density at radius 1 is 1.38 bits per heavy atom. The lowest BCUT2D eigenvalue weighted by Crippen LogP contribution is -2.07. The predicted molar refractivity (Wildman–Crippen MR) is 63.9 cm³/mol. The highest BCUT2D eigenvalue weighted by Gasteiger charge is 2.07. The fraction of sp³-hybridized carbons (Fsp3) is 0.500. The molecule has 1 rings (SSSR count). The second-order valence-electron chi connectivity index (χ2n) is 4.55. The SMILES string of the molecule is Cc1cc(F)ccc1CCCC(=O)C(C)C. The zero-order chi connectivity index (χ0) is 12.1. The Bertz CT molecular complexity index is 369. The molecule has 0 radical (unpaired) electrons. The zero-order valence-corrected chi connectivity index (χ0v) is 10.2. The summed E-state index contributed by atoms with van der Waals surface area (Å²) < 4.78 is 12.8. The fourth-order valence-electron chi connectivity index (χ4n) is 1.68. The van der Waals surface area contributed by atoms with Crippen molar-refractivity contribution in [2.75, 3.05) is 0 Å². The number of ketones is 1. The lowest BCUT2D eigenvalue weighted by Gasteiger charge is -2.06. The number of hydrogen-bond acceptors (Lipinski definition) is 1. The lowest BCUT2D eigenvalue weighted by atomic mass is 9.99. The van der Waals surface area contributed by atoms with Crippen molar-refractivity contribution in [1.29, 1.82) is 0 Å². The second kappa shape index (κ2) is 5.78. The van der Waals surface area contributed by atoms with E-state index in [4.69, 9.17) is 0 Å². The molecule has 88 valence electrons. The molecule has 0 N–H and O–H groups in total. The van der Waals surface area contributed by atoms with Crippen LogP contribution in [-0.2, 0) is 11.2 Å². The second-order valence-corrected chi connectivity index (χ2v) is 4.55. The summed E-state index contributed by atoms with van der Waals surface area (Å²) in [5.74, 6) is 0.230. The van der Waals surface area contributed by atoms with Gasteiger partial charge in [0.2, 0.25) is 0 Å². The van der Waals surface area contributed by atoms with E-state index in [1.165, 1.54) is 6.07 Å². The minimum atomic E-state index is -0.195. The predicted octanol–water partition coefficient (Wildman–Crippen LogP) is 3.68. The van der Waals surface area contributed by atoms with Gasteiger partial charge in [-0.15, -0.1) is 0 Å². The van der Waals surface area contributed by atoms with E-state index < -0.39 is 0 Å². The quantitative estimate of drug-likeness (QED) is 0.742. The van der Waals surface area contributed by atoms with Gasteiger partial charge >= 0.3 is 0 Å². The lowest BCUT2D eigenvalue weighted by molar-refractivity contribution is -0.121. The van der Waals surface area contributed by atoms with Crippen LogP contribution in [0.2, 0.25) is 0 Å². The number of carbonyl (C=O) groups is 1. The number of halogens is 1. The Balaban J connectivity index is 2.46. The van der Waals surface area contributed by atoms with E-state index in [0.29, 0.717) is 12.2 Å².